The van der Waals surface area contributed by atoms with Crippen LogP contribution in [0.1, 0.15) is 57.8 Å². The van der Waals surface area contributed by atoms with Crippen LogP contribution in [0.15, 0.2) is 35.9 Å². The van der Waals surface area contributed by atoms with E-state index in [1.54, 1.807) is 17.0 Å². The fourth-order valence-corrected chi connectivity index (χ4v) is 4.17. The van der Waals surface area contributed by atoms with Crippen LogP contribution < -0.4 is 10.6 Å². The number of rotatable bonds is 7. The van der Waals surface area contributed by atoms with E-state index >= 15 is 0 Å². The number of nitrogens with one attached hydrogen (secondary N) is 2. The lowest BCUT2D eigenvalue weighted by molar-refractivity contribution is -0.121. The normalized spacial score (nSPS) is 19.4. The maximum absolute atomic E-state index is 13.3. The van der Waals surface area contributed by atoms with Gasteiger partial charge in [-0.05, 0) is 75.5 Å². The molecule has 1 fully saturated rings. The van der Waals surface area contributed by atoms with Crippen LogP contribution >= 0.6 is 0 Å². The van der Waals surface area contributed by atoms with Gasteiger partial charge in [0.1, 0.15) is 5.82 Å². The lowest BCUT2D eigenvalue weighted by Gasteiger charge is -2.32. The highest BCUT2D eigenvalue weighted by Crippen LogP contribution is 2.22. The van der Waals surface area contributed by atoms with Gasteiger partial charge in [-0.2, -0.15) is 0 Å². The van der Waals surface area contributed by atoms with E-state index in [0.29, 0.717) is 31.1 Å². The van der Waals surface area contributed by atoms with E-state index in [1.165, 1.54) is 43.4 Å². The van der Waals surface area contributed by atoms with Crippen molar-refractivity contribution in [2.75, 3.05) is 25.0 Å². The van der Waals surface area contributed by atoms with Gasteiger partial charge in [0.15, 0.2) is 0 Å². The van der Waals surface area contributed by atoms with Gasteiger partial charge in [-0.1, -0.05) is 17.7 Å². The number of hydrogen-bond donors (Lipinski definition) is 2. The Hall–Kier alpha value is -2.37. The predicted molar refractivity (Wildman–Crippen MR) is 113 cm³/mol. The Morgan fingerprint density at radius 2 is 2.10 bits per heavy atom. The number of likely N-dealkylation sites (tertiary alicyclic amines) is 1. The first kappa shape index (κ1) is 21.3. The molecular weight excluding hydrogens is 369 g/mol. The summed E-state index contributed by atoms with van der Waals surface area (Å²) >= 11 is 0. The maximum Gasteiger partial charge on any atom is 0.321 e. The molecule has 5 nitrogen and oxygen atoms in total. The molecule has 0 bridgehead atoms. The minimum absolute atomic E-state index is 0.0998. The lowest BCUT2D eigenvalue weighted by Crippen LogP contribution is -2.42. The van der Waals surface area contributed by atoms with Crippen molar-refractivity contribution in [1.82, 2.24) is 10.2 Å². The lowest BCUT2D eigenvalue weighted by atomic mass is 9.93. The molecule has 0 unspecified atom stereocenters. The zero-order chi connectivity index (χ0) is 20.5. The summed E-state index contributed by atoms with van der Waals surface area (Å²) in [6, 6.07) is 5.71. The number of piperidine rings is 1. The van der Waals surface area contributed by atoms with E-state index in [0.717, 1.165) is 32.2 Å². The number of urea groups is 1. The largest absolute Gasteiger partial charge is 0.356 e. The highest BCUT2D eigenvalue weighted by Gasteiger charge is 2.24. The SMILES string of the molecule is O=C(CC[C@@H]1CCCN(C(=O)Nc2cccc(F)c2)C1)NCCC1=CCCCC1. The first-order valence-corrected chi connectivity index (χ1v) is 10.9. The van der Waals surface area contributed by atoms with Gasteiger partial charge in [-0.3, -0.25) is 4.79 Å². The van der Waals surface area contributed by atoms with E-state index in [1.807, 2.05) is 0 Å². The van der Waals surface area contributed by atoms with Crippen molar-refractivity contribution in [3.05, 3.63) is 41.7 Å². The monoisotopic (exact) mass is 401 g/mol. The third-order valence-electron chi connectivity index (χ3n) is 5.82. The van der Waals surface area contributed by atoms with Crippen LogP contribution in [0.3, 0.4) is 0 Å². The third kappa shape index (κ3) is 7.18. The molecule has 6 heteroatoms. The summed E-state index contributed by atoms with van der Waals surface area (Å²) in [5, 5.41) is 5.79. The Kier molecular flexibility index (Phi) is 8.08. The fraction of sp³-hybridized carbons (Fsp3) is 0.565. The average Bonchev–Trinajstić information content (AvgIpc) is 2.73. The maximum atomic E-state index is 13.3. The van der Waals surface area contributed by atoms with Gasteiger partial charge in [0.25, 0.3) is 0 Å². The Morgan fingerprint density at radius 3 is 2.90 bits per heavy atom. The summed E-state index contributed by atoms with van der Waals surface area (Å²) < 4.78 is 13.3. The molecule has 0 radical (unpaired) electrons. The van der Waals surface area contributed by atoms with Crippen molar-refractivity contribution in [3.63, 3.8) is 0 Å². The standard InChI is InChI=1S/C23H32FN3O2/c24-20-9-4-10-21(16-20)26-23(29)27-15-5-8-19(17-27)11-12-22(28)25-14-13-18-6-2-1-3-7-18/h4,6,9-10,16,19H,1-3,5,7-8,11-15,17H2,(H,25,28)(H,26,29)/t19-/m0/s1. The Balaban J connectivity index is 1.36. The minimum Gasteiger partial charge on any atom is -0.356 e. The van der Waals surface area contributed by atoms with E-state index < -0.39 is 0 Å². The van der Waals surface area contributed by atoms with Crippen molar-refractivity contribution in [1.29, 1.82) is 0 Å². The van der Waals surface area contributed by atoms with Crippen LogP contribution in [0.5, 0.6) is 0 Å². The zero-order valence-electron chi connectivity index (χ0n) is 17.1. The topological polar surface area (TPSA) is 61.4 Å². The molecule has 1 aliphatic carbocycles. The van der Waals surface area contributed by atoms with E-state index in [2.05, 4.69) is 16.7 Å². The molecule has 2 aliphatic rings. The summed E-state index contributed by atoms with van der Waals surface area (Å²) in [7, 11) is 0. The number of hydrogen-bond acceptors (Lipinski definition) is 2. The summed E-state index contributed by atoms with van der Waals surface area (Å²) in [5.74, 6) is 0.0571. The molecule has 1 atom stereocenters. The Bertz CT molecular complexity index is 735. The Labute approximate surface area is 172 Å². The van der Waals surface area contributed by atoms with E-state index in [4.69, 9.17) is 0 Å². The smallest absolute Gasteiger partial charge is 0.321 e. The van der Waals surface area contributed by atoms with Crippen molar-refractivity contribution < 1.29 is 14.0 Å². The highest BCUT2D eigenvalue weighted by atomic mass is 19.1. The number of carbonyl (C=O) groups excluding carboxylic acids is 2. The van der Waals surface area contributed by atoms with Gasteiger partial charge in [0.05, 0.1) is 0 Å². The third-order valence-corrected chi connectivity index (χ3v) is 5.82. The quantitative estimate of drug-likeness (QED) is 0.641. The molecule has 1 aliphatic heterocycles. The molecule has 3 amide bonds. The number of anilines is 1. The van der Waals surface area contributed by atoms with Gasteiger partial charge in [-0.15, -0.1) is 0 Å². The number of allylic oxidation sites excluding steroid dienone is 1. The zero-order valence-corrected chi connectivity index (χ0v) is 17.1. The molecule has 3 rings (SSSR count). The summed E-state index contributed by atoms with van der Waals surface area (Å²) in [4.78, 5) is 26.4. The molecule has 0 saturated carbocycles. The Morgan fingerprint density at radius 1 is 1.21 bits per heavy atom. The van der Waals surface area contributed by atoms with Gasteiger partial charge in [0, 0.05) is 31.7 Å². The molecule has 158 valence electrons. The van der Waals surface area contributed by atoms with Crippen LogP contribution in [0.4, 0.5) is 14.9 Å². The van der Waals surface area contributed by atoms with E-state index in [-0.39, 0.29) is 17.8 Å². The van der Waals surface area contributed by atoms with Crippen molar-refractivity contribution in [2.24, 2.45) is 5.92 Å². The molecule has 0 spiro atoms. The first-order chi connectivity index (χ1) is 14.1. The second-order valence-electron chi connectivity index (χ2n) is 8.14. The summed E-state index contributed by atoms with van der Waals surface area (Å²) in [6.45, 7) is 2.05. The molecular formula is C23H32FN3O2. The number of nitrogens with zero attached hydrogens (tertiary/aromatic N) is 1. The number of amides is 3. The molecule has 1 heterocycles. The first-order valence-electron chi connectivity index (χ1n) is 10.9. The van der Waals surface area contributed by atoms with Crippen LogP contribution in [-0.2, 0) is 4.79 Å². The second-order valence-corrected chi connectivity index (χ2v) is 8.14. The van der Waals surface area contributed by atoms with Gasteiger partial charge in [0.2, 0.25) is 5.91 Å². The van der Waals surface area contributed by atoms with E-state index in [9.17, 15) is 14.0 Å². The van der Waals surface area contributed by atoms with Crippen molar-refractivity contribution in [2.45, 2.75) is 57.8 Å². The van der Waals surface area contributed by atoms with Crippen LogP contribution in [-0.4, -0.2) is 36.5 Å². The molecule has 0 aromatic heterocycles. The summed E-state index contributed by atoms with van der Waals surface area (Å²) in [6.07, 6.45) is 11.4. The minimum atomic E-state index is -0.370. The van der Waals surface area contributed by atoms with Crippen LogP contribution in [0.2, 0.25) is 0 Å². The van der Waals surface area contributed by atoms with Gasteiger partial charge in [-0.25, -0.2) is 9.18 Å². The summed E-state index contributed by atoms with van der Waals surface area (Å²) in [5.41, 5.74) is 1.94. The predicted octanol–water partition coefficient (Wildman–Crippen LogP) is 4.86. The van der Waals surface area contributed by atoms with Crippen LogP contribution in [0, 0.1) is 11.7 Å². The molecule has 2 N–H and O–H groups in total. The average molecular weight is 402 g/mol. The molecule has 1 saturated heterocycles. The van der Waals surface area contributed by atoms with Gasteiger partial charge >= 0.3 is 6.03 Å². The van der Waals surface area contributed by atoms with Crippen LogP contribution in [0.25, 0.3) is 0 Å². The fourth-order valence-electron chi connectivity index (χ4n) is 4.17. The highest BCUT2D eigenvalue weighted by molar-refractivity contribution is 5.89. The van der Waals surface area contributed by atoms with Crippen molar-refractivity contribution >= 4 is 17.6 Å². The van der Waals surface area contributed by atoms with Gasteiger partial charge < -0.3 is 15.5 Å². The molecule has 1 aromatic rings. The molecule has 29 heavy (non-hydrogen) atoms. The second kappa shape index (κ2) is 11.0. The molecule has 1 aromatic carbocycles. The number of halogens is 1. The van der Waals surface area contributed by atoms with Crippen molar-refractivity contribution in [3.8, 4) is 0 Å². The number of benzene rings is 1. The number of carbonyl (C=O) groups is 2.